The summed E-state index contributed by atoms with van der Waals surface area (Å²) in [5.41, 5.74) is -0.404. The summed E-state index contributed by atoms with van der Waals surface area (Å²) in [4.78, 5) is 13.7. The summed E-state index contributed by atoms with van der Waals surface area (Å²) in [6.45, 7) is 7.28. The van der Waals surface area contributed by atoms with E-state index in [0.29, 0.717) is 12.0 Å². The van der Waals surface area contributed by atoms with Crippen molar-refractivity contribution in [1.29, 1.82) is 0 Å². The van der Waals surface area contributed by atoms with Crippen molar-refractivity contribution >= 4 is 6.09 Å². The van der Waals surface area contributed by atoms with E-state index in [-0.39, 0.29) is 6.09 Å². The van der Waals surface area contributed by atoms with Crippen LogP contribution in [-0.2, 0) is 4.74 Å². The molecule has 0 bridgehead atoms. The molecular weight excluding hydrogens is 228 g/mol. The molecule has 1 saturated carbocycles. The summed E-state index contributed by atoms with van der Waals surface area (Å²) >= 11 is 0. The van der Waals surface area contributed by atoms with Crippen LogP contribution in [0.15, 0.2) is 12.3 Å². The van der Waals surface area contributed by atoms with Crippen molar-refractivity contribution in [2.24, 2.45) is 5.92 Å². The highest BCUT2D eigenvalue weighted by Crippen LogP contribution is 2.21. The lowest BCUT2D eigenvalue weighted by Gasteiger charge is -2.24. The first kappa shape index (κ1) is 13.2. The molecule has 4 nitrogen and oxygen atoms in total. The summed E-state index contributed by atoms with van der Waals surface area (Å²) in [6, 6.07) is 0.699. The van der Waals surface area contributed by atoms with Gasteiger partial charge in [0.15, 0.2) is 0 Å². The van der Waals surface area contributed by atoms with Gasteiger partial charge in [0.05, 0.1) is 0 Å². The van der Waals surface area contributed by atoms with Crippen LogP contribution in [0.2, 0.25) is 0 Å². The van der Waals surface area contributed by atoms with E-state index in [0.717, 1.165) is 19.5 Å². The molecule has 1 atom stereocenters. The maximum atomic E-state index is 11.9. The monoisotopic (exact) mass is 252 g/mol. The van der Waals surface area contributed by atoms with Crippen molar-refractivity contribution < 1.29 is 9.53 Å². The van der Waals surface area contributed by atoms with Crippen LogP contribution >= 0.6 is 0 Å². The minimum absolute atomic E-state index is 0.187. The second-order valence-corrected chi connectivity index (χ2v) is 6.28. The van der Waals surface area contributed by atoms with Gasteiger partial charge < -0.3 is 15.0 Å². The van der Waals surface area contributed by atoms with Crippen molar-refractivity contribution in [2.45, 2.75) is 51.7 Å². The van der Waals surface area contributed by atoms with E-state index in [9.17, 15) is 4.79 Å². The number of ether oxygens (including phenoxy) is 1. The summed E-state index contributed by atoms with van der Waals surface area (Å²) in [6.07, 6.45) is 7.66. The maximum absolute atomic E-state index is 11.9. The normalized spacial score (nSPS) is 24.6. The molecule has 0 aromatic carbocycles. The van der Waals surface area contributed by atoms with Crippen molar-refractivity contribution in [3.05, 3.63) is 12.3 Å². The second kappa shape index (κ2) is 5.21. The average Bonchev–Trinajstić information content (AvgIpc) is 2.92. The van der Waals surface area contributed by atoms with Gasteiger partial charge in [0.1, 0.15) is 5.60 Å². The standard InChI is InChI=1S/C14H24N2O2/c1-14(2,3)18-13(17)16-9-7-11(10-16)6-8-15-12-4-5-12/h6,8,11-12,15H,4-5,7,9-10H2,1-3H3. The number of carbonyl (C=O) groups is 1. The predicted molar refractivity (Wildman–Crippen MR) is 71.2 cm³/mol. The molecule has 1 unspecified atom stereocenters. The van der Waals surface area contributed by atoms with Crippen LogP contribution in [-0.4, -0.2) is 35.7 Å². The Kier molecular flexibility index (Phi) is 3.83. The van der Waals surface area contributed by atoms with Gasteiger partial charge in [-0.05, 0) is 52.2 Å². The van der Waals surface area contributed by atoms with E-state index in [1.54, 1.807) is 4.90 Å². The summed E-state index contributed by atoms with van der Waals surface area (Å²) in [5.74, 6) is 0.462. The van der Waals surface area contributed by atoms with E-state index in [1.165, 1.54) is 12.8 Å². The number of nitrogens with one attached hydrogen (secondary N) is 1. The highest BCUT2D eigenvalue weighted by Gasteiger charge is 2.28. The molecule has 2 aliphatic rings. The van der Waals surface area contributed by atoms with E-state index >= 15 is 0 Å². The number of hydrogen-bond acceptors (Lipinski definition) is 3. The minimum atomic E-state index is -0.404. The fourth-order valence-electron chi connectivity index (χ4n) is 2.01. The molecule has 2 rings (SSSR count). The Morgan fingerprint density at radius 1 is 1.33 bits per heavy atom. The Labute approximate surface area is 109 Å². The first-order chi connectivity index (χ1) is 8.44. The molecular formula is C14H24N2O2. The quantitative estimate of drug-likeness (QED) is 0.839. The van der Waals surface area contributed by atoms with E-state index in [1.807, 2.05) is 20.8 Å². The van der Waals surface area contributed by atoms with E-state index in [4.69, 9.17) is 4.74 Å². The average molecular weight is 252 g/mol. The number of nitrogens with zero attached hydrogens (tertiary/aromatic N) is 1. The van der Waals surface area contributed by atoms with Gasteiger partial charge in [0.2, 0.25) is 0 Å². The molecule has 1 N–H and O–H groups in total. The third-order valence-corrected chi connectivity index (χ3v) is 3.15. The molecule has 1 heterocycles. The van der Waals surface area contributed by atoms with Gasteiger partial charge in [0.25, 0.3) is 0 Å². The third-order valence-electron chi connectivity index (χ3n) is 3.15. The van der Waals surface area contributed by atoms with Gasteiger partial charge in [-0.1, -0.05) is 6.08 Å². The van der Waals surface area contributed by atoms with Gasteiger partial charge in [-0.25, -0.2) is 4.79 Å². The summed E-state index contributed by atoms with van der Waals surface area (Å²) in [5, 5.41) is 3.35. The molecule has 102 valence electrons. The van der Waals surface area contributed by atoms with Gasteiger partial charge >= 0.3 is 6.09 Å². The summed E-state index contributed by atoms with van der Waals surface area (Å²) < 4.78 is 5.37. The zero-order valence-electron chi connectivity index (χ0n) is 11.6. The molecule has 18 heavy (non-hydrogen) atoms. The van der Waals surface area contributed by atoms with Crippen LogP contribution < -0.4 is 5.32 Å². The minimum Gasteiger partial charge on any atom is -0.444 e. The van der Waals surface area contributed by atoms with Gasteiger partial charge in [-0.3, -0.25) is 0 Å². The Bertz CT molecular complexity index is 329. The lowest BCUT2D eigenvalue weighted by atomic mass is 10.1. The Hall–Kier alpha value is -1.19. The SMILES string of the molecule is CC(C)(C)OC(=O)N1CCC(C=CNC2CC2)C1. The zero-order chi connectivity index (χ0) is 13.2. The highest BCUT2D eigenvalue weighted by molar-refractivity contribution is 5.68. The molecule has 1 amide bonds. The number of amides is 1. The van der Waals surface area contributed by atoms with E-state index in [2.05, 4.69) is 17.6 Å². The highest BCUT2D eigenvalue weighted by atomic mass is 16.6. The Balaban J connectivity index is 1.73. The topological polar surface area (TPSA) is 41.6 Å². The smallest absolute Gasteiger partial charge is 0.410 e. The Morgan fingerprint density at radius 2 is 2.06 bits per heavy atom. The number of likely N-dealkylation sites (tertiary alicyclic amines) is 1. The fourth-order valence-corrected chi connectivity index (χ4v) is 2.01. The molecule has 0 spiro atoms. The van der Waals surface area contributed by atoms with Crippen LogP contribution in [0, 0.1) is 5.92 Å². The second-order valence-electron chi connectivity index (χ2n) is 6.28. The predicted octanol–water partition coefficient (Wildman–Crippen LogP) is 2.51. The van der Waals surface area contributed by atoms with Crippen LogP contribution in [0.3, 0.4) is 0 Å². The molecule has 0 aromatic rings. The van der Waals surface area contributed by atoms with Crippen LogP contribution in [0.1, 0.15) is 40.0 Å². The van der Waals surface area contributed by atoms with Gasteiger partial charge in [-0.2, -0.15) is 0 Å². The number of rotatable bonds is 3. The van der Waals surface area contributed by atoms with Crippen LogP contribution in [0.4, 0.5) is 4.79 Å². The molecule has 2 fully saturated rings. The maximum Gasteiger partial charge on any atom is 0.410 e. The third kappa shape index (κ3) is 4.24. The molecule has 4 heteroatoms. The van der Waals surface area contributed by atoms with Crippen LogP contribution in [0.25, 0.3) is 0 Å². The van der Waals surface area contributed by atoms with Crippen LogP contribution in [0.5, 0.6) is 0 Å². The first-order valence-electron chi connectivity index (χ1n) is 6.85. The van der Waals surface area contributed by atoms with Crippen molar-refractivity contribution in [3.63, 3.8) is 0 Å². The van der Waals surface area contributed by atoms with Gasteiger partial charge in [-0.15, -0.1) is 0 Å². The molecule has 1 saturated heterocycles. The van der Waals surface area contributed by atoms with E-state index < -0.39 is 5.60 Å². The lowest BCUT2D eigenvalue weighted by Crippen LogP contribution is -2.35. The fraction of sp³-hybridized carbons (Fsp3) is 0.786. The van der Waals surface area contributed by atoms with Crippen molar-refractivity contribution in [2.75, 3.05) is 13.1 Å². The van der Waals surface area contributed by atoms with Crippen molar-refractivity contribution in [3.8, 4) is 0 Å². The molecule has 0 radical (unpaired) electrons. The number of hydrogen-bond donors (Lipinski definition) is 1. The molecule has 1 aliphatic carbocycles. The molecule has 0 aromatic heterocycles. The molecule has 1 aliphatic heterocycles. The van der Waals surface area contributed by atoms with Crippen molar-refractivity contribution in [1.82, 2.24) is 10.2 Å². The first-order valence-corrected chi connectivity index (χ1v) is 6.85. The zero-order valence-corrected chi connectivity index (χ0v) is 11.6. The largest absolute Gasteiger partial charge is 0.444 e. The van der Waals surface area contributed by atoms with Gasteiger partial charge in [0, 0.05) is 19.1 Å². The Morgan fingerprint density at radius 3 is 2.67 bits per heavy atom. The number of carbonyl (C=O) groups excluding carboxylic acids is 1. The lowest BCUT2D eigenvalue weighted by molar-refractivity contribution is 0.0291. The summed E-state index contributed by atoms with van der Waals surface area (Å²) in [7, 11) is 0.